The second-order valence-corrected chi connectivity index (χ2v) is 4.48. The molecule has 14 heavy (non-hydrogen) atoms. The lowest BCUT2D eigenvalue weighted by Crippen LogP contribution is -2.42. The van der Waals surface area contributed by atoms with Crippen molar-refractivity contribution in [1.29, 1.82) is 0 Å². The summed E-state index contributed by atoms with van der Waals surface area (Å²) in [6, 6.07) is 0. The maximum atomic E-state index is 12.5. The maximum Gasteiger partial charge on any atom is 0.248 e. The zero-order valence-corrected chi connectivity index (χ0v) is 7.87. The Labute approximate surface area is 81.3 Å². The minimum Gasteiger partial charge on any atom is -0.389 e. The van der Waals surface area contributed by atoms with Gasteiger partial charge in [0.25, 0.3) is 0 Å². The Morgan fingerprint density at radius 2 is 1.64 bits per heavy atom. The molecule has 3 nitrogen and oxygen atoms in total. The highest BCUT2D eigenvalue weighted by atomic mass is 19.3. The molecule has 1 saturated heterocycles. The Bertz CT molecular complexity index is 207. The number of rotatable bonds is 2. The van der Waals surface area contributed by atoms with E-state index in [1.165, 1.54) is 0 Å². The van der Waals surface area contributed by atoms with Crippen molar-refractivity contribution in [2.75, 3.05) is 19.6 Å². The van der Waals surface area contributed by atoms with Crippen LogP contribution in [0, 0.1) is 5.92 Å². The third kappa shape index (κ3) is 2.04. The molecule has 2 rings (SSSR count). The van der Waals surface area contributed by atoms with E-state index in [-0.39, 0.29) is 18.8 Å². The van der Waals surface area contributed by atoms with Crippen molar-refractivity contribution >= 4 is 0 Å². The zero-order chi connectivity index (χ0) is 10.3. The van der Waals surface area contributed by atoms with Gasteiger partial charge in [-0.25, -0.2) is 8.78 Å². The third-order valence-corrected chi connectivity index (χ3v) is 3.03. The summed E-state index contributed by atoms with van der Waals surface area (Å²) in [7, 11) is 0. The molecule has 2 N–H and O–H groups in total. The van der Waals surface area contributed by atoms with Gasteiger partial charge in [-0.2, -0.15) is 0 Å². The summed E-state index contributed by atoms with van der Waals surface area (Å²) in [5, 5.41) is 18.5. The SMILES string of the molecule is OC1CN(CC2CC(F)(F)C2)CC1O. The van der Waals surface area contributed by atoms with Crippen LogP contribution >= 0.6 is 0 Å². The van der Waals surface area contributed by atoms with E-state index in [2.05, 4.69) is 0 Å². The third-order valence-electron chi connectivity index (χ3n) is 3.03. The number of hydrogen-bond acceptors (Lipinski definition) is 3. The van der Waals surface area contributed by atoms with E-state index in [0.717, 1.165) is 0 Å². The minimum absolute atomic E-state index is 0.0301. The van der Waals surface area contributed by atoms with Gasteiger partial charge in [0.2, 0.25) is 5.92 Å². The van der Waals surface area contributed by atoms with Gasteiger partial charge in [0.1, 0.15) is 0 Å². The molecule has 0 spiro atoms. The molecule has 0 amide bonds. The fourth-order valence-electron chi connectivity index (χ4n) is 2.28. The predicted molar refractivity (Wildman–Crippen MR) is 46.1 cm³/mol. The molecule has 1 heterocycles. The van der Waals surface area contributed by atoms with Gasteiger partial charge >= 0.3 is 0 Å². The lowest BCUT2D eigenvalue weighted by atomic mass is 9.81. The largest absolute Gasteiger partial charge is 0.389 e. The molecule has 0 aromatic rings. The Balaban J connectivity index is 1.73. The number of hydrogen-bond donors (Lipinski definition) is 2. The molecule has 0 radical (unpaired) electrons. The Kier molecular flexibility index (Phi) is 2.49. The van der Waals surface area contributed by atoms with Gasteiger partial charge < -0.3 is 10.2 Å². The van der Waals surface area contributed by atoms with E-state index >= 15 is 0 Å². The highest BCUT2D eigenvalue weighted by Crippen LogP contribution is 2.42. The lowest BCUT2D eigenvalue weighted by molar-refractivity contribution is -0.115. The molecule has 0 aromatic heterocycles. The van der Waals surface area contributed by atoms with E-state index in [9.17, 15) is 19.0 Å². The van der Waals surface area contributed by atoms with E-state index < -0.39 is 18.1 Å². The number of aliphatic hydroxyl groups excluding tert-OH is 2. The number of halogens is 2. The van der Waals surface area contributed by atoms with Crippen molar-refractivity contribution < 1.29 is 19.0 Å². The molecule has 2 atom stereocenters. The predicted octanol–water partition coefficient (Wildman–Crippen LogP) is 0.0691. The summed E-state index contributed by atoms with van der Waals surface area (Å²) in [6.07, 6.45) is -1.52. The molecule has 2 fully saturated rings. The molecule has 2 aliphatic rings. The molecular formula is C9H15F2NO2. The van der Waals surface area contributed by atoms with Crippen molar-refractivity contribution in [3.8, 4) is 0 Å². The topological polar surface area (TPSA) is 43.7 Å². The molecule has 1 aliphatic carbocycles. The molecule has 5 heteroatoms. The first-order valence-electron chi connectivity index (χ1n) is 4.92. The Morgan fingerprint density at radius 3 is 2.07 bits per heavy atom. The standard InChI is InChI=1S/C9H15F2NO2/c10-9(11)1-6(2-9)3-12-4-7(13)8(14)5-12/h6-8,13-14H,1-5H2. The molecule has 1 aliphatic heterocycles. The number of β-amino-alcohol motifs (C(OH)–C–C–N with tert-alkyl or cyclic N) is 2. The Hall–Kier alpha value is -0.260. The number of aliphatic hydroxyl groups is 2. The van der Waals surface area contributed by atoms with Gasteiger partial charge in [0.05, 0.1) is 12.2 Å². The summed E-state index contributed by atoms with van der Waals surface area (Å²) in [5.74, 6) is -2.44. The van der Waals surface area contributed by atoms with Crippen molar-refractivity contribution in [3.05, 3.63) is 0 Å². The van der Waals surface area contributed by atoms with Crippen molar-refractivity contribution in [3.63, 3.8) is 0 Å². The van der Waals surface area contributed by atoms with E-state index in [0.29, 0.717) is 19.6 Å². The second kappa shape index (κ2) is 3.40. The van der Waals surface area contributed by atoms with Crippen LogP contribution in [0.25, 0.3) is 0 Å². The van der Waals surface area contributed by atoms with Crippen LogP contribution in [0.1, 0.15) is 12.8 Å². The molecule has 82 valence electrons. The maximum absolute atomic E-state index is 12.5. The van der Waals surface area contributed by atoms with E-state index in [4.69, 9.17) is 0 Å². The van der Waals surface area contributed by atoms with Crippen LogP contribution in [0.3, 0.4) is 0 Å². The molecule has 1 saturated carbocycles. The van der Waals surface area contributed by atoms with E-state index in [1.54, 1.807) is 0 Å². The van der Waals surface area contributed by atoms with Crippen LogP contribution in [0.4, 0.5) is 8.78 Å². The fourth-order valence-corrected chi connectivity index (χ4v) is 2.28. The van der Waals surface area contributed by atoms with Crippen molar-refractivity contribution in [2.24, 2.45) is 5.92 Å². The van der Waals surface area contributed by atoms with Gasteiger partial charge in [-0.3, -0.25) is 4.90 Å². The minimum atomic E-state index is -2.47. The monoisotopic (exact) mass is 207 g/mol. The summed E-state index contributed by atoms with van der Waals surface area (Å²) in [5.41, 5.74) is 0. The van der Waals surface area contributed by atoms with Gasteiger partial charge in [0, 0.05) is 32.5 Å². The van der Waals surface area contributed by atoms with Gasteiger partial charge in [-0.15, -0.1) is 0 Å². The average molecular weight is 207 g/mol. The van der Waals surface area contributed by atoms with Crippen LogP contribution in [0.5, 0.6) is 0 Å². The van der Waals surface area contributed by atoms with Crippen LogP contribution in [-0.2, 0) is 0 Å². The number of likely N-dealkylation sites (tertiary alicyclic amines) is 1. The van der Waals surface area contributed by atoms with Crippen LogP contribution in [-0.4, -0.2) is 52.9 Å². The summed E-state index contributed by atoms with van der Waals surface area (Å²) >= 11 is 0. The first kappa shape index (κ1) is 10.3. The van der Waals surface area contributed by atoms with Crippen molar-refractivity contribution in [1.82, 2.24) is 4.90 Å². The molecule has 0 bridgehead atoms. The van der Waals surface area contributed by atoms with E-state index in [1.807, 2.05) is 4.90 Å². The fraction of sp³-hybridized carbons (Fsp3) is 1.00. The quantitative estimate of drug-likeness (QED) is 0.673. The summed E-state index contributed by atoms with van der Waals surface area (Å²) < 4.78 is 25.0. The van der Waals surface area contributed by atoms with Gasteiger partial charge in [-0.1, -0.05) is 0 Å². The van der Waals surface area contributed by atoms with Gasteiger partial charge in [0.15, 0.2) is 0 Å². The first-order valence-corrected chi connectivity index (χ1v) is 4.92. The highest BCUT2D eigenvalue weighted by molar-refractivity contribution is 4.91. The molecule has 2 unspecified atom stereocenters. The zero-order valence-electron chi connectivity index (χ0n) is 7.87. The molecule has 0 aromatic carbocycles. The van der Waals surface area contributed by atoms with Crippen LogP contribution < -0.4 is 0 Å². The second-order valence-electron chi connectivity index (χ2n) is 4.48. The van der Waals surface area contributed by atoms with Crippen LogP contribution in [0.2, 0.25) is 0 Å². The first-order chi connectivity index (χ1) is 6.46. The Morgan fingerprint density at radius 1 is 1.14 bits per heavy atom. The highest BCUT2D eigenvalue weighted by Gasteiger charge is 2.46. The van der Waals surface area contributed by atoms with Gasteiger partial charge in [-0.05, 0) is 5.92 Å². The number of nitrogens with zero attached hydrogens (tertiary/aromatic N) is 1. The lowest BCUT2D eigenvalue weighted by Gasteiger charge is -2.37. The van der Waals surface area contributed by atoms with Crippen LogP contribution in [0.15, 0.2) is 0 Å². The number of alkyl halides is 2. The average Bonchev–Trinajstić information content (AvgIpc) is 2.27. The van der Waals surface area contributed by atoms with Crippen molar-refractivity contribution in [2.45, 2.75) is 31.0 Å². The smallest absolute Gasteiger partial charge is 0.248 e. The summed E-state index contributed by atoms with van der Waals surface area (Å²) in [6.45, 7) is 1.39. The molecular weight excluding hydrogens is 192 g/mol. The summed E-state index contributed by atoms with van der Waals surface area (Å²) in [4.78, 5) is 1.86. The normalized spacial score (nSPS) is 38.6.